The van der Waals surface area contributed by atoms with Crippen molar-refractivity contribution in [1.82, 2.24) is 5.32 Å². The molecule has 1 aromatic rings. The maximum atomic E-state index is 12.4. The third kappa shape index (κ3) is 15.0. The van der Waals surface area contributed by atoms with Gasteiger partial charge in [-0.2, -0.15) is 0 Å². The SMILES string of the molecule is CCCCCC(=O)OCCN[C@@H](Cc1ccc(OC(=O)OC(C)(C)C)c(OC(=O)OC(C)(C)C)c1)C(=O)OC. The molecule has 0 radical (unpaired) electrons. The number of unbranched alkanes of at least 4 members (excludes halogenated alkanes) is 2. The van der Waals surface area contributed by atoms with Gasteiger partial charge in [-0.3, -0.25) is 9.59 Å². The largest absolute Gasteiger partial charge is 0.514 e. The molecule has 0 unspecified atom stereocenters. The second kappa shape index (κ2) is 15.9. The minimum atomic E-state index is -1.00. The Bertz CT molecular complexity index is 962. The molecule has 0 aromatic heterocycles. The van der Waals surface area contributed by atoms with Gasteiger partial charge in [-0.05, 0) is 72.1 Å². The van der Waals surface area contributed by atoms with Gasteiger partial charge in [-0.1, -0.05) is 25.8 Å². The summed E-state index contributed by atoms with van der Waals surface area (Å²) in [5.74, 6) is -0.994. The minimum absolute atomic E-state index is 0.0728. The fourth-order valence-corrected chi connectivity index (χ4v) is 3.17. The number of nitrogens with one attached hydrogen (secondary N) is 1. The van der Waals surface area contributed by atoms with Crippen molar-refractivity contribution in [2.24, 2.45) is 0 Å². The van der Waals surface area contributed by atoms with E-state index in [0.717, 1.165) is 19.3 Å². The first kappa shape index (κ1) is 33.7. The van der Waals surface area contributed by atoms with Crippen LogP contribution in [0.3, 0.4) is 0 Å². The summed E-state index contributed by atoms with van der Waals surface area (Å²) in [5.41, 5.74) is -1.06. The van der Waals surface area contributed by atoms with Crippen molar-refractivity contribution in [2.75, 3.05) is 20.3 Å². The van der Waals surface area contributed by atoms with E-state index in [0.29, 0.717) is 12.0 Å². The van der Waals surface area contributed by atoms with Crippen molar-refractivity contribution in [3.05, 3.63) is 23.8 Å². The van der Waals surface area contributed by atoms with E-state index in [-0.39, 0.29) is 37.0 Å². The zero-order chi connectivity index (χ0) is 29.6. The summed E-state index contributed by atoms with van der Waals surface area (Å²) in [7, 11) is 1.26. The molecule has 0 spiro atoms. The zero-order valence-corrected chi connectivity index (χ0v) is 24.3. The molecule has 11 nitrogen and oxygen atoms in total. The first-order valence-corrected chi connectivity index (χ1v) is 13.0. The maximum Gasteiger partial charge on any atom is 0.514 e. The van der Waals surface area contributed by atoms with Crippen LogP contribution in [0.5, 0.6) is 11.5 Å². The van der Waals surface area contributed by atoms with E-state index in [4.69, 9.17) is 28.4 Å². The van der Waals surface area contributed by atoms with Crippen LogP contribution in [-0.4, -0.2) is 61.8 Å². The van der Waals surface area contributed by atoms with Crippen molar-refractivity contribution in [3.63, 3.8) is 0 Å². The van der Waals surface area contributed by atoms with Gasteiger partial charge in [0.1, 0.15) is 23.9 Å². The number of carbonyl (C=O) groups excluding carboxylic acids is 4. The van der Waals surface area contributed by atoms with Crippen molar-refractivity contribution >= 4 is 24.2 Å². The van der Waals surface area contributed by atoms with Crippen LogP contribution in [0.2, 0.25) is 0 Å². The number of rotatable bonds is 13. The van der Waals surface area contributed by atoms with Crippen LogP contribution in [0, 0.1) is 0 Å². The molecular weight excluding hydrogens is 510 g/mol. The molecule has 1 atom stereocenters. The van der Waals surface area contributed by atoms with Gasteiger partial charge >= 0.3 is 24.2 Å². The Morgan fingerprint density at radius 3 is 2.00 bits per heavy atom. The van der Waals surface area contributed by atoms with E-state index in [1.807, 2.05) is 0 Å². The van der Waals surface area contributed by atoms with E-state index < -0.39 is 35.5 Å². The summed E-state index contributed by atoms with van der Waals surface area (Å²) in [6, 6.07) is 3.69. The molecule has 0 fully saturated rings. The summed E-state index contributed by atoms with van der Waals surface area (Å²) < 4.78 is 31.1. The third-order valence-corrected chi connectivity index (χ3v) is 4.84. The summed E-state index contributed by atoms with van der Waals surface area (Å²) in [6.45, 7) is 12.5. The molecule has 0 aliphatic carbocycles. The molecule has 220 valence electrons. The predicted octanol–water partition coefficient (Wildman–Crippen LogP) is 5.11. The van der Waals surface area contributed by atoms with Gasteiger partial charge in [0.15, 0.2) is 11.5 Å². The third-order valence-electron chi connectivity index (χ3n) is 4.84. The van der Waals surface area contributed by atoms with E-state index in [1.165, 1.54) is 19.2 Å². The molecule has 0 heterocycles. The number of esters is 2. The molecule has 1 N–H and O–H groups in total. The quantitative estimate of drug-likeness (QED) is 0.151. The fourth-order valence-electron chi connectivity index (χ4n) is 3.17. The van der Waals surface area contributed by atoms with E-state index in [2.05, 4.69) is 12.2 Å². The van der Waals surface area contributed by atoms with Crippen molar-refractivity contribution in [1.29, 1.82) is 0 Å². The van der Waals surface area contributed by atoms with Gasteiger partial charge in [0.25, 0.3) is 0 Å². The topological polar surface area (TPSA) is 136 Å². The average molecular weight is 554 g/mol. The molecule has 1 aromatic carbocycles. The van der Waals surface area contributed by atoms with Crippen LogP contribution in [-0.2, 0) is 35.0 Å². The molecule has 1 rings (SSSR count). The molecule has 0 bridgehead atoms. The summed E-state index contributed by atoms with van der Waals surface area (Å²) in [4.78, 5) is 48.8. The van der Waals surface area contributed by atoms with Crippen molar-refractivity contribution in [3.8, 4) is 11.5 Å². The number of methoxy groups -OCH3 is 1. The van der Waals surface area contributed by atoms with Gasteiger partial charge < -0.3 is 33.7 Å². The van der Waals surface area contributed by atoms with Gasteiger partial charge in [0.2, 0.25) is 0 Å². The van der Waals surface area contributed by atoms with Crippen LogP contribution in [0.4, 0.5) is 9.59 Å². The lowest BCUT2D eigenvalue weighted by molar-refractivity contribution is -0.144. The van der Waals surface area contributed by atoms with Crippen LogP contribution in [0.25, 0.3) is 0 Å². The second-order valence-corrected chi connectivity index (χ2v) is 10.8. The van der Waals surface area contributed by atoms with E-state index in [9.17, 15) is 19.2 Å². The number of carbonyl (C=O) groups is 4. The Kier molecular flexibility index (Phi) is 13.8. The lowest BCUT2D eigenvalue weighted by Crippen LogP contribution is -2.41. The Labute approximate surface area is 230 Å². The predicted molar refractivity (Wildman–Crippen MR) is 143 cm³/mol. The van der Waals surface area contributed by atoms with Crippen LogP contribution < -0.4 is 14.8 Å². The van der Waals surface area contributed by atoms with Crippen molar-refractivity contribution in [2.45, 2.75) is 97.8 Å². The average Bonchev–Trinajstić information content (AvgIpc) is 2.79. The van der Waals surface area contributed by atoms with Gasteiger partial charge in [0, 0.05) is 13.0 Å². The summed E-state index contributed by atoms with van der Waals surface area (Å²) in [5, 5.41) is 3.02. The molecular formula is C28H43NO10. The Morgan fingerprint density at radius 1 is 0.872 bits per heavy atom. The first-order valence-electron chi connectivity index (χ1n) is 13.0. The molecule has 39 heavy (non-hydrogen) atoms. The Balaban J connectivity index is 3.00. The van der Waals surface area contributed by atoms with E-state index in [1.54, 1.807) is 47.6 Å². The highest BCUT2D eigenvalue weighted by atomic mass is 16.8. The number of hydrogen-bond acceptors (Lipinski definition) is 11. The lowest BCUT2D eigenvalue weighted by Gasteiger charge is -2.21. The maximum absolute atomic E-state index is 12.4. The highest BCUT2D eigenvalue weighted by molar-refractivity contribution is 5.76. The van der Waals surface area contributed by atoms with Crippen LogP contribution >= 0.6 is 0 Å². The molecule has 0 aliphatic rings. The molecule has 0 saturated carbocycles. The number of ether oxygens (including phenoxy) is 6. The molecule has 0 amide bonds. The Morgan fingerprint density at radius 2 is 1.46 bits per heavy atom. The number of hydrogen-bond donors (Lipinski definition) is 1. The monoisotopic (exact) mass is 553 g/mol. The highest BCUT2D eigenvalue weighted by Crippen LogP contribution is 2.31. The zero-order valence-electron chi connectivity index (χ0n) is 24.3. The van der Waals surface area contributed by atoms with Crippen LogP contribution in [0.15, 0.2) is 18.2 Å². The van der Waals surface area contributed by atoms with Gasteiger partial charge in [-0.15, -0.1) is 0 Å². The highest BCUT2D eigenvalue weighted by Gasteiger charge is 2.25. The smallest absolute Gasteiger partial charge is 0.468 e. The molecule has 0 saturated heterocycles. The number of benzene rings is 1. The fraction of sp³-hybridized carbons (Fsp3) is 0.643. The minimum Gasteiger partial charge on any atom is -0.468 e. The summed E-state index contributed by atoms with van der Waals surface area (Å²) >= 11 is 0. The molecule has 11 heteroatoms. The summed E-state index contributed by atoms with van der Waals surface area (Å²) in [6.07, 6.45) is 1.24. The standard InChI is InChI=1S/C28H43NO10/c1-9-10-11-12-23(30)35-16-15-29-20(24(31)34-8)17-19-13-14-21(36-25(32)38-27(2,3)4)22(18-19)37-26(33)39-28(5,6)7/h13-14,18,20,29H,9-12,15-17H2,1-8H3/t20-/m0/s1. The second-order valence-electron chi connectivity index (χ2n) is 10.8. The van der Waals surface area contributed by atoms with Crippen molar-refractivity contribution < 1.29 is 47.6 Å². The normalized spacial score (nSPS) is 12.2. The Hall–Kier alpha value is -3.34. The molecule has 0 aliphatic heterocycles. The lowest BCUT2D eigenvalue weighted by atomic mass is 10.1. The first-order chi connectivity index (χ1) is 18.1. The van der Waals surface area contributed by atoms with Gasteiger partial charge in [0.05, 0.1) is 7.11 Å². The van der Waals surface area contributed by atoms with Crippen LogP contribution in [0.1, 0.15) is 79.7 Å². The van der Waals surface area contributed by atoms with Gasteiger partial charge in [-0.25, -0.2) is 9.59 Å². The van der Waals surface area contributed by atoms with E-state index >= 15 is 0 Å².